The monoisotopic (exact) mass is 252 g/mol. The fourth-order valence-electron chi connectivity index (χ4n) is 3.48. The van der Waals surface area contributed by atoms with Gasteiger partial charge < -0.3 is 10.6 Å². The van der Waals surface area contributed by atoms with Crippen LogP contribution in [-0.4, -0.2) is 24.5 Å². The molecule has 0 bridgehead atoms. The van der Waals surface area contributed by atoms with Crippen LogP contribution in [0.3, 0.4) is 0 Å². The van der Waals surface area contributed by atoms with Crippen LogP contribution < -0.4 is 10.6 Å². The molecular formula is C15H28N2O. The largest absolute Gasteiger partial charge is 0.352 e. The van der Waals surface area contributed by atoms with Crippen LogP contribution in [0.1, 0.15) is 58.8 Å². The van der Waals surface area contributed by atoms with Crippen molar-refractivity contribution in [2.24, 2.45) is 11.8 Å². The normalized spacial score (nSPS) is 37.2. The first-order chi connectivity index (χ1) is 8.70. The Labute approximate surface area is 111 Å². The molecule has 104 valence electrons. The van der Waals surface area contributed by atoms with E-state index < -0.39 is 0 Å². The zero-order valence-corrected chi connectivity index (χ0v) is 11.9. The Balaban J connectivity index is 1.82. The van der Waals surface area contributed by atoms with Crippen LogP contribution >= 0.6 is 0 Å². The van der Waals surface area contributed by atoms with Crippen molar-refractivity contribution in [3.63, 3.8) is 0 Å². The van der Waals surface area contributed by atoms with Crippen LogP contribution in [0.15, 0.2) is 0 Å². The molecule has 0 radical (unpaired) electrons. The predicted octanol–water partition coefficient (Wildman–Crippen LogP) is 2.46. The van der Waals surface area contributed by atoms with E-state index >= 15 is 0 Å². The SMILES string of the molecule is CCC1CCCC(NC(=O)C2NCCCC2C)C1. The van der Waals surface area contributed by atoms with Crippen molar-refractivity contribution in [2.75, 3.05) is 6.54 Å². The Morgan fingerprint density at radius 1 is 1.28 bits per heavy atom. The summed E-state index contributed by atoms with van der Waals surface area (Å²) in [6.45, 7) is 5.44. The minimum atomic E-state index is 0.0424. The molecule has 0 aromatic carbocycles. The van der Waals surface area contributed by atoms with E-state index in [1.807, 2.05) is 0 Å². The van der Waals surface area contributed by atoms with Gasteiger partial charge in [0, 0.05) is 6.04 Å². The van der Waals surface area contributed by atoms with Gasteiger partial charge in [-0.1, -0.05) is 33.1 Å². The second kappa shape index (κ2) is 6.55. The van der Waals surface area contributed by atoms with Crippen LogP contribution in [0, 0.1) is 11.8 Å². The minimum Gasteiger partial charge on any atom is -0.352 e. The average molecular weight is 252 g/mol. The summed E-state index contributed by atoms with van der Waals surface area (Å²) in [7, 11) is 0. The molecular weight excluding hydrogens is 224 g/mol. The minimum absolute atomic E-state index is 0.0424. The summed E-state index contributed by atoms with van der Waals surface area (Å²) in [6, 6.07) is 0.466. The summed E-state index contributed by atoms with van der Waals surface area (Å²) in [5, 5.41) is 6.65. The van der Waals surface area contributed by atoms with Gasteiger partial charge in [-0.25, -0.2) is 0 Å². The molecule has 1 amide bonds. The number of carbonyl (C=O) groups is 1. The zero-order valence-electron chi connectivity index (χ0n) is 11.9. The third-order valence-electron chi connectivity index (χ3n) is 4.76. The van der Waals surface area contributed by atoms with Gasteiger partial charge >= 0.3 is 0 Å². The van der Waals surface area contributed by atoms with E-state index in [2.05, 4.69) is 24.5 Å². The van der Waals surface area contributed by atoms with Gasteiger partial charge in [-0.3, -0.25) is 4.79 Å². The molecule has 2 rings (SSSR count). The van der Waals surface area contributed by atoms with Gasteiger partial charge in [0.05, 0.1) is 6.04 Å². The molecule has 3 nitrogen and oxygen atoms in total. The molecule has 1 saturated heterocycles. The first kappa shape index (κ1) is 13.9. The lowest BCUT2D eigenvalue weighted by Crippen LogP contribution is -2.53. The number of nitrogens with one attached hydrogen (secondary N) is 2. The molecule has 1 aliphatic carbocycles. The molecule has 1 saturated carbocycles. The topological polar surface area (TPSA) is 41.1 Å². The highest BCUT2D eigenvalue weighted by atomic mass is 16.2. The van der Waals surface area contributed by atoms with Crippen molar-refractivity contribution in [1.29, 1.82) is 0 Å². The molecule has 4 unspecified atom stereocenters. The van der Waals surface area contributed by atoms with Gasteiger partial charge in [0.2, 0.25) is 5.91 Å². The Hall–Kier alpha value is -0.570. The Kier molecular flexibility index (Phi) is 5.04. The molecule has 2 aliphatic rings. The molecule has 3 heteroatoms. The van der Waals surface area contributed by atoms with E-state index in [0.717, 1.165) is 12.5 Å². The second-order valence-corrected chi connectivity index (χ2v) is 6.20. The van der Waals surface area contributed by atoms with Gasteiger partial charge in [0.25, 0.3) is 0 Å². The Bertz CT molecular complexity index is 280. The van der Waals surface area contributed by atoms with Crippen molar-refractivity contribution in [2.45, 2.75) is 70.9 Å². The van der Waals surface area contributed by atoms with E-state index in [9.17, 15) is 4.79 Å². The van der Waals surface area contributed by atoms with Crippen molar-refractivity contribution in [3.05, 3.63) is 0 Å². The highest BCUT2D eigenvalue weighted by Crippen LogP contribution is 2.27. The number of amides is 1. The maximum absolute atomic E-state index is 12.3. The molecule has 2 fully saturated rings. The predicted molar refractivity (Wildman–Crippen MR) is 74.4 cm³/mol. The number of hydrogen-bond donors (Lipinski definition) is 2. The molecule has 1 heterocycles. The fraction of sp³-hybridized carbons (Fsp3) is 0.933. The van der Waals surface area contributed by atoms with Crippen LogP contribution in [0.4, 0.5) is 0 Å². The summed E-state index contributed by atoms with van der Waals surface area (Å²) in [5.41, 5.74) is 0. The third kappa shape index (κ3) is 3.47. The third-order valence-corrected chi connectivity index (χ3v) is 4.76. The van der Waals surface area contributed by atoms with Gasteiger partial charge in [-0.2, -0.15) is 0 Å². The first-order valence-electron chi connectivity index (χ1n) is 7.74. The second-order valence-electron chi connectivity index (χ2n) is 6.20. The van der Waals surface area contributed by atoms with E-state index in [-0.39, 0.29) is 11.9 Å². The maximum atomic E-state index is 12.3. The highest BCUT2D eigenvalue weighted by molar-refractivity contribution is 5.82. The van der Waals surface area contributed by atoms with Crippen molar-refractivity contribution >= 4 is 5.91 Å². The number of rotatable bonds is 3. The van der Waals surface area contributed by atoms with Gasteiger partial charge in [0.15, 0.2) is 0 Å². The summed E-state index contributed by atoms with van der Waals surface area (Å²) in [6.07, 6.45) is 8.61. The summed E-state index contributed by atoms with van der Waals surface area (Å²) in [4.78, 5) is 12.3. The lowest BCUT2D eigenvalue weighted by molar-refractivity contribution is -0.125. The molecule has 4 atom stereocenters. The van der Waals surface area contributed by atoms with Crippen LogP contribution in [0.5, 0.6) is 0 Å². The maximum Gasteiger partial charge on any atom is 0.237 e. The molecule has 0 aromatic heterocycles. The molecule has 18 heavy (non-hydrogen) atoms. The number of carbonyl (C=O) groups excluding carboxylic acids is 1. The van der Waals surface area contributed by atoms with Crippen LogP contribution in [-0.2, 0) is 4.79 Å². The fourth-order valence-corrected chi connectivity index (χ4v) is 3.48. The molecule has 0 aromatic rings. The van der Waals surface area contributed by atoms with E-state index in [1.165, 1.54) is 44.9 Å². The lowest BCUT2D eigenvalue weighted by atomic mass is 9.83. The summed E-state index contributed by atoms with van der Waals surface area (Å²) < 4.78 is 0. The number of hydrogen-bond acceptors (Lipinski definition) is 2. The summed E-state index contributed by atoms with van der Waals surface area (Å²) in [5.74, 6) is 1.54. The smallest absolute Gasteiger partial charge is 0.237 e. The quantitative estimate of drug-likeness (QED) is 0.810. The average Bonchev–Trinajstić information content (AvgIpc) is 2.39. The van der Waals surface area contributed by atoms with Crippen molar-refractivity contribution in [3.8, 4) is 0 Å². The zero-order chi connectivity index (χ0) is 13.0. The Morgan fingerprint density at radius 3 is 2.83 bits per heavy atom. The number of piperidine rings is 1. The van der Waals surface area contributed by atoms with Crippen LogP contribution in [0.25, 0.3) is 0 Å². The molecule has 1 aliphatic heterocycles. The summed E-state index contributed by atoms with van der Waals surface area (Å²) >= 11 is 0. The Morgan fingerprint density at radius 2 is 2.11 bits per heavy atom. The van der Waals surface area contributed by atoms with E-state index in [0.29, 0.717) is 12.0 Å². The van der Waals surface area contributed by atoms with Gasteiger partial charge in [-0.05, 0) is 44.1 Å². The standard InChI is InChI=1S/C15H28N2O/c1-3-12-7-4-8-13(10-12)17-15(18)14-11(2)6-5-9-16-14/h11-14,16H,3-10H2,1-2H3,(H,17,18). The van der Waals surface area contributed by atoms with E-state index in [1.54, 1.807) is 0 Å². The molecule has 2 N–H and O–H groups in total. The molecule has 0 spiro atoms. The first-order valence-corrected chi connectivity index (χ1v) is 7.74. The van der Waals surface area contributed by atoms with Crippen molar-refractivity contribution in [1.82, 2.24) is 10.6 Å². The van der Waals surface area contributed by atoms with Crippen LogP contribution in [0.2, 0.25) is 0 Å². The van der Waals surface area contributed by atoms with Gasteiger partial charge in [-0.15, -0.1) is 0 Å². The van der Waals surface area contributed by atoms with Gasteiger partial charge in [0.1, 0.15) is 0 Å². The highest BCUT2D eigenvalue weighted by Gasteiger charge is 2.30. The van der Waals surface area contributed by atoms with E-state index in [4.69, 9.17) is 0 Å². The van der Waals surface area contributed by atoms with Crippen molar-refractivity contribution < 1.29 is 4.79 Å². The lowest BCUT2D eigenvalue weighted by Gasteiger charge is -2.33.